The molecule has 24 heavy (non-hydrogen) atoms. The van der Waals surface area contributed by atoms with Crippen molar-refractivity contribution in [3.63, 3.8) is 0 Å². The summed E-state index contributed by atoms with van der Waals surface area (Å²) in [4.78, 5) is 12.6. The summed E-state index contributed by atoms with van der Waals surface area (Å²) in [5, 5.41) is 0. The van der Waals surface area contributed by atoms with E-state index in [1.54, 1.807) is 52.3 Å². The van der Waals surface area contributed by atoms with Crippen molar-refractivity contribution >= 4 is 16.0 Å². The van der Waals surface area contributed by atoms with Crippen molar-refractivity contribution in [3.05, 3.63) is 18.0 Å². The topological polar surface area (TPSA) is 77.4 Å². The molecule has 1 aliphatic rings. The number of carbonyl (C=O) groups excluding carboxylic acids is 1. The van der Waals surface area contributed by atoms with Gasteiger partial charge in [0.2, 0.25) is 10.0 Å². The molecule has 0 bridgehead atoms. The van der Waals surface area contributed by atoms with Gasteiger partial charge in [0.1, 0.15) is 16.2 Å². The van der Waals surface area contributed by atoms with E-state index in [-0.39, 0.29) is 10.6 Å². The Morgan fingerprint density at radius 3 is 2.29 bits per heavy atom. The zero-order valence-electron chi connectivity index (χ0n) is 15.3. The average molecular weight is 356 g/mol. The number of hydrogen-bond donors (Lipinski definition) is 1. The molecule has 0 aromatic carbocycles. The summed E-state index contributed by atoms with van der Waals surface area (Å²) in [5.41, 5.74) is -1.22. The molecule has 1 aromatic rings. The number of ether oxygens (including phenoxy) is 1. The van der Waals surface area contributed by atoms with Crippen LogP contribution in [0.2, 0.25) is 0 Å². The summed E-state index contributed by atoms with van der Waals surface area (Å²) >= 11 is 0. The van der Waals surface area contributed by atoms with E-state index in [9.17, 15) is 13.2 Å². The molecule has 136 valence electrons. The highest BCUT2D eigenvalue weighted by molar-refractivity contribution is 7.89. The van der Waals surface area contributed by atoms with Gasteiger partial charge >= 0.3 is 5.97 Å². The smallest absolute Gasteiger partial charge is 0.356 e. The summed E-state index contributed by atoms with van der Waals surface area (Å²) < 4.78 is 35.2. The largest absolute Gasteiger partial charge is 0.455 e. The number of carbonyl (C=O) groups is 1. The van der Waals surface area contributed by atoms with Crippen LogP contribution in [0.15, 0.2) is 17.2 Å². The Hall–Kier alpha value is -1.34. The lowest BCUT2D eigenvalue weighted by molar-refractivity contribution is 0.00525. The van der Waals surface area contributed by atoms with Crippen molar-refractivity contribution in [1.29, 1.82) is 0 Å². The van der Waals surface area contributed by atoms with E-state index in [0.717, 1.165) is 12.8 Å². The molecule has 1 aliphatic carbocycles. The van der Waals surface area contributed by atoms with Crippen LogP contribution in [-0.2, 0) is 21.3 Å². The highest BCUT2D eigenvalue weighted by atomic mass is 32.2. The third kappa shape index (κ3) is 5.08. The number of nitrogens with one attached hydrogen (secondary N) is 1. The van der Waals surface area contributed by atoms with E-state index in [2.05, 4.69) is 4.72 Å². The predicted molar refractivity (Wildman–Crippen MR) is 92.4 cm³/mol. The molecule has 0 amide bonds. The second kappa shape index (κ2) is 6.19. The van der Waals surface area contributed by atoms with Gasteiger partial charge in [-0.1, -0.05) is 0 Å². The second-order valence-electron chi connectivity index (χ2n) is 8.48. The Morgan fingerprint density at radius 2 is 1.83 bits per heavy atom. The Kier molecular flexibility index (Phi) is 4.89. The highest BCUT2D eigenvalue weighted by Crippen LogP contribution is 2.32. The standard InChI is InChI=1S/C17H28N2O4S/c1-16(2,3)18-24(21,22)13-9-10-19(11-12-7-8-12)14(13)15(20)23-17(4,5)6/h9-10,12,18H,7-8,11H2,1-6H3. The predicted octanol–water partition coefficient (Wildman–Crippen LogP) is 2.93. The molecule has 6 nitrogen and oxygen atoms in total. The van der Waals surface area contributed by atoms with Crippen molar-refractivity contribution in [3.8, 4) is 0 Å². The van der Waals surface area contributed by atoms with Gasteiger partial charge in [0.25, 0.3) is 0 Å². The first-order valence-electron chi connectivity index (χ1n) is 8.25. The molecule has 0 saturated heterocycles. The van der Waals surface area contributed by atoms with Crippen LogP contribution in [0.3, 0.4) is 0 Å². The quantitative estimate of drug-likeness (QED) is 0.823. The van der Waals surface area contributed by atoms with Gasteiger partial charge in [0.05, 0.1) is 0 Å². The van der Waals surface area contributed by atoms with Gasteiger partial charge in [-0.3, -0.25) is 0 Å². The SMILES string of the molecule is CC(C)(C)NS(=O)(=O)c1ccn(CC2CC2)c1C(=O)OC(C)(C)C. The summed E-state index contributed by atoms with van der Waals surface area (Å²) in [5.74, 6) is -0.104. The number of nitrogens with zero attached hydrogens (tertiary/aromatic N) is 1. The van der Waals surface area contributed by atoms with Gasteiger partial charge in [-0.15, -0.1) is 0 Å². The molecule has 1 heterocycles. The van der Waals surface area contributed by atoms with Crippen LogP contribution in [0.1, 0.15) is 64.9 Å². The molecule has 0 unspecified atom stereocenters. The molecule has 0 radical (unpaired) electrons. The van der Waals surface area contributed by atoms with Gasteiger partial charge < -0.3 is 9.30 Å². The molecule has 1 saturated carbocycles. The first kappa shape index (κ1) is 19.0. The average Bonchev–Trinajstić information content (AvgIpc) is 3.00. The maximum absolute atomic E-state index is 12.7. The van der Waals surface area contributed by atoms with E-state index in [1.807, 2.05) is 0 Å². The molecule has 7 heteroatoms. The minimum absolute atomic E-state index is 0.0210. The molecule has 1 fully saturated rings. The van der Waals surface area contributed by atoms with Crippen molar-refractivity contribution in [2.75, 3.05) is 0 Å². The maximum Gasteiger partial charge on any atom is 0.356 e. The maximum atomic E-state index is 12.7. The molecule has 0 atom stereocenters. The second-order valence-corrected chi connectivity index (χ2v) is 10.1. The molecule has 2 rings (SSSR count). The fraction of sp³-hybridized carbons (Fsp3) is 0.706. The van der Waals surface area contributed by atoms with Gasteiger partial charge in [0, 0.05) is 18.3 Å². The molecule has 0 spiro atoms. The molecular formula is C17H28N2O4S. The Labute approximate surface area is 144 Å². The molecular weight excluding hydrogens is 328 g/mol. The Bertz CT molecular complexity index is 717. The zero-order chi connectivity index (χ0) is 18.3. The van der Waals surface area contributed by atoms with Crippen LogP contribution in [0.25, 0.3) is 0 Å². The van der Waals surface area contributed by atoms with Crippen LogP contribution < -0.4 is 4.72 Å². The van der Waals surface area contributed by atoms with Gasteiger partial charge in [0.15, 0.2) is 0 Å². The fourth-order valence-electron chi connectivity index (χ4n) is 2.40. The first-order valence-corrected chi connectivity index (χ1v) is 9.73. The monoisotopic (exact) mass is 356 g/mol. The van der Waals surface area contributed by atoms with Crippen LogP contribution in [0.4, 0.5) is 0 Å². The van der Waals surface area contributed by atoms with Crippen molar-refractivity contribution in [2.24, 2.45) is 5.92 Å². The highest BCUT2D eigenvalue weighted by Gasteiger charge is 2.33. The number of sulfonamides is 1. The lowest BCUT2D eigenvalue weighted by Gasteiger charge is -2.23. The van der Waals surface area contributed by atoms with Crippen LogP contribution in [-0.4, -0.2) is 30.1 Å². The molecule has 1 aromatic heterocycles. The van der Waals surface area contributed by atoms with E-state index in [0.29, 0.717) is 12.5 Å². The molecule has 0 aliphatic heterocycles. The normalized spacial score (nSPS) is 16.2. The van der Waals surface area contributed by atoms with E-state index in [1.165, 1.54) is 6.07 Å². The lowest BCUT2D eigenvalue weighted by Crippen LogP contribution is -2.41. The van der Waals surface area contributed by atoms with Crippen molar-refractivity contribution in [1.82, 2.24) is 9.29 Å². The summed E-state index contributed by atoms with van der Waals surface area (Å²) in [7, 11) is -3.82. The van der Waals surface area contributed by atoms with Gasteiger partial charge in [-0.2, -0.15) is 0 Å². The van der Waals surface area contributed by atoms with Gasteiger partial charge in [-0.25, -0.2) is 17.9 Å². The number of aromatic nitrogens is 1. The minimum Gasteiger partial charge on any atom is -0.455 e. The minimum atomic E-state index is -3.82. The van der Waals surface area contributed by atoms with Crippen molar-refractivity contribution in [2.45, 2.75) is 77.0 Å². The number of esters is 1. The van der Waals surface area contributed by atoms with E-state index in [4.69, 9.17) is 4.74 Å². The molecule has 1 N–H and O–H groups in total. The van der Waals surface area contributed by atoms with Crippen LogP contribution in [0.5, 0.6) is 0 Å². The first-order chi connectivity index (χ1) is 10.8. The Morgan fingerprint density at radius 1 is 1.25 bits per heavy atom. The third-order valence-corrected chi connectivity index (χ3v) is 5.19. The summed E-state index contributed by atoms with van der Waals surface area (Å²) in [6, 6.07) is 1.48. The van der Waals surface area contributed by atoms with E-state index < -0.39 is 27.1 Å². The van der Waals surface area contributed by atoms with Gasteiger partial charge in [-0.05, 0) is 66.4 Å². The van der Waals surface area contributed by atoms with E-state index >= 15 is 0 Å². The fourth-order valence-corrected chi connectivity index (χ4v) is 4.01. The lowest BCUT2D eigenvalue weighted by atomic mass is 10.1. The summed E-state index contributed by atoms with van der Waals surface area (Å²) in [6.07, 6.45) is 3.87. The zero-order valence-corrected chi connectivity index (χ0v) is 16.2. The van der Waals surface area contributed by atoms with Crippen LogP contribution >= 0.6 is 0 Å². The van der Waals surface area contributed by atoms with Crippen molar-refractivity contribution < 1.29 is 17.9 Å². The third-order valence-electron chi connectivity index (χ3n) is 3.40. The number of hydrogen-bond acceptors (Lipinski definition) is 4. The summed E-state index contributed by atoms with van der Waals surface area (Å²) in [6.45, 7) is 11.2. The number of rotatable bonds is 5. The Balaban J connectivity index is 2.44. The van der Waals surface area contributed by atoms with Crippen LogP contribution in [0, 0.1) is 5.92 Å².